The minimum atomic E-state index is 0.0730. The molecule has 0 unspecified atom stereocenters. The first-order valence-electron chi connectivity index (χ1n) is 6.01. The van der Waals surface area contributed by atoms with E-state index in [4.69, 9.17) is 16.3 Å². The molecular formula is C15H14BrClO2. The number of hydrogen-bond donors (Lipinski definition) is 1. The van der Waals surface area contributed by atoms with E-state index in [2.05, 4.69) is 28.1 Å². The molecule has 0 saturated heterocycles. The number of rotatable bonds is 5. The minimum Gasteiger partial charge on any atom is -0.506 e. The van der Waals surface area contributed by atoms with Gasteiger partial charge in [0, 0.05) is 10.5 Å². The molecule has 0 aliphatic rings. The number of halogens is 2. The summed E-state index contributed by atoms with van der Waals surface area (Å²) in [5, 5.41) is 9.61. The summed E-state index contributed by atoms with van der Waals surface area (Å²) in [7, 11) is 0. The summed E-state index contributed by atoms with van der Waals surface area (Å²) in [4.78, 5) is 0. The van der Waals surface area contributed by atoms with E-state index in [0.717, 1.165) is 17.3 Å². The molecule has 0 aromatic heterocycles. The van der Waals surface area contributed by atoms with Gasteiger partial charge in [0.1, 0.15) is 11.5 Å². The van der Waals surface area contributed by atoms with Crippen molar-refractivity contribution in [2.24, 2.45) is 0 Å². The number of aryl methyl sites for hydroxylation is 1. The largest absolute Gasteiger partial charge is 0.506 e. The standard InChI is InChI=1S/C15H14BrClO2/c16-12-5-3-11(4-6-12)2-1-9-19-13-7-8-15(18)14(17)10-13/h3-8,10,18H,1-2,9H2. The van der Waals surface area contributed by atoms with Crippen molar-refractivity contribution in [3.63, 3.8) is 0 Å². The Balaban J connectivity index is 1.77. The van der Waals surface area contributed by atoms with E-state index < -0.39 is 0 Å². The maximum atomic E-state index is 9.30. The Labute approximate surface area is 126 Å². The summed E-state index contributed by atoms with van der Waals surface area (Å²) < 4.78 is 6.67. The van der Waals surface area contributed by atoms with E-state index in [1.54, 1.807) is 12.1 Å². The smallest absolute Gasteiger partial charge is 0.134 e. The van der Waals surface area contributed by atoms with Crippen LogP contribution in [0.5, 0.6) is 11.5 Å². The lowest BCUT2D eigenvalue weighted by Gasteiger charge is -2.07. The quantitative estimate of drug-likeness (QED) is 0.790. The van der Waals surface area contributed by atoms with Gasteiger partial charge in [-0.2, -0.15) is 0 Å². The van der Waals surface area contributed by atoms with Gasteiger partial charge in [0.2, 0.25) is 0 Å². The number of phenolic OH excluding ortho intramolecular Hbond substituents is 1. The monoisotopic (exact) mass is 340 g/mol. The predicted molar refractivity (Wildman–Crippen MR) is 81.1 cm³/mol. The Kier molecular flexibility index (Phi) is 5.11. The van der Waals surface area contributed by atoms with Crippen molar-refractivity contribution in [1.82, 2.24) is 0 Å². The number of phenols is 1. The van der Waals surface area contributed by atoms with Gasteiger partial charge in [-0.05, 0) is 42.7 Å². The van der Waals surface area contributed by atoms with Crippen LogP contribution in [0.25, 0.3) is 0 Å². The van der Waals surface area contributed by atoms with Crippen molar-refractivity contribution in [3.05, 3.63) is 57.5 Å². The second-order valence-corrected chi connectivity index (χ2v) is 5.51. The molecule has 4 heteroatoms. The lowest BCUT2D eigenvalue weighted by Crippen LogP contribution is -1.99. The molecule has 1 N–H and O–H groups in total. The Morgan fingerprint density at radius 3 is 2.53 bits per heavy atom. The van der Waals surface area contributed by atoms with E-state index in [1.165, 1.54) is 11.6 Å². The molecule has 0 heterocycles. The highest BCUT2D eigenvalue weighted by Crippen LogP contribution is 2.27. The molecule has 2 aromatic rings. The van der Waals surface area contributed by atoms with Crippen molar-refractivity contribution in [2.45, 2.75) is 12.8 Å². The molecule has 0 spiro atoms. The molecule has 0 saturated carbocycles. The highest BCUT2D eigenvalue weighted by molar-refractivity contribution is 9.10. The zero-order valence-electron chi connectivity index (χ0n) is 10.3. The van der Waals surface area contributed by atoms with Crippen LogP contribution in [0.1, 0.15) is 12.0 Å². The molecule has 0 fully saturated rings. The third-order valence-corrected chi connectivity index (χ3v) is 3.54. The second kappa shape index (κ2) is 6.83. The molecule has 2 aromatic carbocycles. The molecule has 2 rings (SSSR count). The van der Waals surface area contributed by atoms with Gasteiger partial charge in [0.15, 0.2) is 0 Å². The first-order chi connectivity index (χ1) is 9.15. The zero-order valence-corrected chi connectivity index (χ0v) is 12.6. The number of hydrogen-bond acceptors (Lipinski definition) is 2. The lowest BCUT2D eigenvalue weighted by molar-refractivity contribution is 0.310. The molecular weight excluding hydrogens is 328 g/mol. The molecule has 19 heavy (non-hydrogen) atoms. The van der Waals surface area contributed by atoms with Gasteiger partial charge in [-0.25, -0.2) is 0 Å². The topological polar surface area (TPSA) is 29.5 Å². The van der Waals surface area contributed by atoms with E-state index >= 15 is 0 Å². The molecule has 0 aliphatic heterocycles. The summed E-state index contributed by atoms with van der Waals surface area (Å²) in [6, 6.07) is 13.1. The zero-order chi connectivity index (χ0) is 13.7. The van der Waals surface area contributed by atoms with Crippen molar-refractivity contribution in [2.75, 3.05) is 6.61 Å². The van der Waals surface area contributed by atoms with Gasteiger partial charge in [0.05, 0.1) is 11.6 Å². The summed E-state index contributed by atoms with van der Waals surface area (Å²) in [5.41, 5.74) is 1.29. The summed E-state index contributed by atoms with van der Waals surface area (Å²) in [6.45, 7) is 0.622. The highest BCUT2D eigenvalue weighted by atomic mass is 79.9. The second-order valence-electron chi connectivity index (χ2n) is 4.19. The Morgan fingerprint density at radius 1 is 1.11 bits per heavy atom. The molecule has 0 amide bonds. The molecule has 0 bridgehead atoms. The van der Waals surface area contributed by atoms with Crippen LogP contribution in [-0.2, 0) is 6.42 Å². The first-order valence-corrected chi connectivity index (χ1v) is 7.18. The van der Waals surface area contributed by atoms with Crippen molar-refractivity contribution >= 4 is 27.5 Å². The van der Waals surface area contributed by atoms with E-state index in [9.17, 15) is 5.11 Å². The normalized spacial score (nSPS) is 10.4. The van der Waals surface area contributed by atoms with Crippen molar-refractivity contribution in [1.29, 1.82) is 0 Å². The Hall–Kier alpha value is -1.19. The number of aromatic hydroxyl groups is 1. The van der Waals surface area contributed by atoms with Gasteiger partial charge < -0.3 is 9.84 Å². The third-order valence-electron chi connectivity index (χ3n) is 2.71. The van der Waals surface area contributed by atoms with E-state index in [-0.39, 0.29) is 5.75 Å². The SMILES string of the molecule is Oc1ccc(OCCCc2ccc(Br)cc2)cc1Cl. The molecule has 100 valence electrons. The predicted octanol–water partition coefficient (Wildman–Crippen LogP) is 4.82. The number of ether oxygens (including phenoxy) is 1. The fourth-order valence-corrected chi connectivity index (χ4v) is 2.13. The average molecular weight is 342 g/mol. The van der Waals surface area contributed by atoms with Crippen LogP contribution in [0, 0.1) is 0 Å². The highest BCUT2D eigenvalue weighted by Gasteiger charge is 2.01. The summed E-state index contributed by atoms with van der Waals surface area (Å²) >= 11 is 9.22. The van der Waals surface area contributed by atoms with Crippen LogP contribution in [0.4, 0.5) is 0 Å². The fourth-order valence-electron chi connectivity index (χ4n) is 1.69. The van der Waals surface area contributed by atoms with Crippen molar-refractivity contribution < 1.29 is 9.84 Å². The van der Waals surface area contributed by atoms with E-state index in [1.807, 2.05) is 12.1 Å². The first kappa shape index (κ1) is 14.2. The molecule has 0 aliphatic carbocycles. The van der Waals surface area contributed by atoms with Gasteiger partial charge in [-0.15, -0.1) is 0 Å². The summed E-state index contributed by atoms with van der Waals surface area (Å²) in [6.07, 6.45) is 1.90. The lowest BCUT2D eigenvalue weighted by atomic mass is 10.1. The minimum absolute atomic E-state index is 0.0730. The maximum Gasteiger partial charge on any atom is 0.134 e. The maximum absolute atomic E-state index is 9.30. The van der Waals surface area contributed by atoms with Crippen LogP contribution >= 0.6 is 27.5 Å². The molecule has 0 radical (unpaired) electrons. The average Bonchev–Trinajstić information content (AvgIpc) is 2.41. The Morgan fingerprint density at radius 2 is 1.84 bits per heavy atom. The summed E-state index contributed by atoms with van der Waals surface area (Å²) in [5.74, 6) is 0.752. The third kappa shape index (κ3) is 4.44. The van der Waals surface area contributed by atoms with Gasteiger partial charge in [0.25, 0.3) is 0 Å². The fraction of sp³-hybridized carbons (Fsp3) is 0.200. The van der Waals surface area contributed by atoms with E-state index in [0.29, 0.717) is 17.4 Å². The molecule has 2 nitrogen and oxygen atoms in total. The van der Waals surface area contributed by atoms with Gasteiger partial charge in [-0.3, -0.25) is 0 Å². The van der Waals surface area contributed by atoms with Crippen LogP contribution in [-0.4, -0.2) is 11.7 Å². The van der Waals surface area contributed by atoms with Crippen molar-refractivity contribution in [3.8, 4) is 11.5 Å². The van der Waals surface area contributed by atoms with Crippen LogP contribution in [0.15, 0.2) is 46.9 Å². The number of benzene rings is 2. The molecule has 0 atom stereocenters. The van der Waals surface area contributed by atoms with Gasteiger partial charge in [-0.1, -0.05) is 39.7 Å². The van der Waals surface area contributed by atoms with Crippen LogP contribution in [0.3, 0.4) is 0 Å². The van der Waals surface area contributed by atoms with Crippen LogP contribution < -0.4 is 4.74 Å². The Bertz CT molecular complexity index is 540. The van der Waals surface area contributed by atoms with Crippen LogP contribution in [0.2, 0.25) is 5.02 Å². The van der Waals surface area contributed by atoms with Gasteiger partial charge >= 0.3 is 0 Å².